The third-order valence-electron chi connectivity index (χ3n) is 9.94. The van der Waals surface area contributed by atoms with Gasteiger partial charge in [-0.25, -0.2) is 0 Å². The highest BCUT2D eigenvalue weighted by Crippen LogP contribution is 2.57. The minimum Gasteiger partial charge on any atom is -0.508 e. The van der Waals surface area contributed by atoms with Crippen molar-refractivity contribution in [3.05, 3.63) is 192 Å². The summed E-state index contributed by atoms with van der Waals surface area (Å²) < 4.78 is 0. The Morgan fingerprint density at radius 2 is 0.745 bits per heavy atom. The van der Waals surface area contributed by atoms with Crippen molar-refractivity contribution in [1.29, 1.82) is 0 Å². The zero-order chi connectivity index (χ0) is 31.5. The van der Waals surface area contributed by atoms with Crippen LogP contribution >= 0.6 is 0 Å². The van der Waals surface area contributed by atoms with E-state index in [-0.39, 0.29) is 11.5 Å². The first kappa shape index (κ1) is 27.2. The van der Waals surface area contributed by atoms with E-state index in [1.54, 1.807) is 24.3 Å². The molecule has 8 aromatic rings. The summed E-state index contributed by atoms with van der Waals surface area (Å²) in [6.07, 6.45) is 0. The third kappa shape index (κ3) is 4.12. The van der Waals surface area contributed by atoms with Crippen LogP contribution < -0.4 is 0 Å². The summed E-state index contributed by atoms with van der Waals surface area (Å²) in [7, 11) is 0. The van der Waals surface area contributed by atoms with Gasteiger partial charge in [-0.15, -0.1) is 0 Å². The zero-order valence-electron chi connectivity index (χ0n) is 25.6. The lowest BCUT2D eigenvalue weighted by Gasteiger charge is -2.34. The van der Waals surface area contributed by atoms with E-state index in [0.29, 0.717) is 0 Å². The Morgan fingerprint density at radius 3 is 1.19 bits per heavy atom. The molecule has 2 nitrogen and oxygen atoms in total. The van der Waals surface area contributed by atoms with Crippen LogP contribution in [-0.2, 0) is 5.41 Å². The number of aromatic hydroxyl groups is 2. The van der Waals surface area contributed by atoms with Gasteiger partial charge in [-0.3, -0.25) is 0 Å². The van der Waals surface area contributed by atoms with Crippen LogP contribution in [0.3, 0.4) is 0 Å². The summed E-state index contributed by atoms with van der Waals surface area (Å²) in [5.74, 6) is 0.455. The van der Waals surface area contributed by atoms with Gasteiger partial charge in [0.25, 0.3) is 0 Å². The average molecular weight is 603 g/mol. The van der Waals surface area contributed by atoms with E-state index in [1.165, 1.54) is 54.9 Å². The Labute approximate surface area is 273 Å². The van der Waals surface area contributed by atoms with Gasteiger partial charge in [-0.1, -0.05) is 133 Å². The van der Waals surface area contributed by atoms with Crippen LogP contribution in [0.2, 0.25) is 0 Å². The topological polar surface area (TPSA) is 40.5 Å². The van der Waals surface area contributed by atoms with Crippen molar-refractivity contribution in [3.8, 4) is 44.9 Å². The highest BCUT2D eigenvalue weighted by Gasteiger charge is 2.46. The normalized spacial score (nSPS) is 13.0. The maximum atomic E-state index is 10.3. The van der Waals surface area contributed by atoms with Gasteiger partial charge in [0, 0.05) is 0 Å². The molecule has 0 aromatic heterocycles. The van der Waals surface area contributed by atoms with Crippen LogP contribution in [0.1, 0.15) is 22.3 Å². The number of hydrogen-bond acceptors (Lipinski definition) is 2. The summed E-state index contributed by atoms with van der Waals surface area (Å²) in [5.41, 5.74) is 10.8. The van der Waals surface area contributed by atoms with Crippen molar-refractivity contribution in [2.45, 2.75) is 5.41 Å². The molecule has 47 heavy (non-hydrogen) atoms. The summed E-state index contributed by atoms with van der Waals surface area (Å²) in [6.45, 7) is 0. The first-order valence-corrected chi connectivity index (χ1v) is 16.0. The van der Waals surface area contributed by atoms with Crippen LogP contribution in [0.4, 0.5) is 0 Å². The first-order chi connectivity index (χ1) is 23.1. The van der Waals surface area contributed by atoms with Crippen LogP contribution in [0.5, 0.6) is 11.5 Å². The molecule has 0 fully saturated rings. The fourth-order valence-corrected chi connectivity index (χ4v) is 7.83. The second kappa shape index (κ2) is 10.5. The Kier molecular flexibility index (Phi) is 6.06. The third-order valence-corrected chi connectivity index (χ3v) is 9.94. The monoisotopic (exact) mass is 602 g/mol. The van der Waals surface area contributed by atoms with Gasteiger partial charge in [0.15, 0.2) is 0 Å². The maximum Gasteiger partial charge on any atom is 0.115 e. The van der Waals surface area contributed by atoms with Gasteiger partial charge < -0.3 is 10.2 Å². The predicted octanol–water partition coefficient (Wildman–Crippen LogP) is 11.1. The van der Waals surface area contributed by atoms with Crippen molar-refractivity contribution in [3.63, 3.8) is 0 Å². The molecule has 2 N–H and O–H groups in total. The Morgan fingerprint density at radius 1 is 0.340 bits per heavy atom. The smallest absolute Gasteiger partial charge is 0.115 e. The van der Waals surface area contributed by atoms with Gasteiger partial charge in [0.1, 0.15) is 11.5 Å². The van der Waals surface area contributed by atoms with Crippen molar-refractivity contribution in [1.82, 2.24) is 0 Å². The molecule has 0 radical (unpaired) electrons. The minimum atomic E-state index is -0.666. The van der Waals surface area contributed by atoms with Crippen LogP contribution in [0.15, 0.2) is 170 Å². The molecule has 222 valence electrons. The van der Waals surface area contributed by atoms with Crippen molar-refractivity contribution in [2.24, 2.45) is 0 Å². The number of fused-ring (bicyclic) bond motifs is 5. The van der Waals surface area contributed by atoms with Gasteiger partial charge in [0.05, 0.1) is 5.41 Å². The molecule has 1 aliphatic carbocycles. The predicted molar refractivity (Wildman–Crippen MR) is 193 cm³/mol. The molecule has 0 saturated heterocycles. The molecule has 0 unspecified atom stereocenters. The van der Waals surface area contributed by atoms with E-state index in [0.717, 1.165) is 22.3 Å². The molecule has 9 rings (SSSR count). The molecule has 0 spiro atoms. The number of hydrogen-bond donors (Lipinski definition) is 2. The highest BCUT2D eigenvalue weighted by molar-refractivity contribution is 6.01. The molecule has 0 amide bonds. The van der Waals surface area contributed by atoms with E-state index >= 15 is 0 Å². The second-order valence-electron chi connectivity index (χ2n) is 12.4. The van der Waals surface area contributed by atoms with Crippen molar-refractivity contribution < 1.29 is 10.2 Å². The fourth-order valence-electron chi connectivity index (χ4n) is 7.83. The summed E-state index contributed by atoms with van der Waals surface area (Å²) in [5, 5.41) is 25.6. The molecular formula is C45H30O2. The maximum absolute atomic E-state index is 10.3. The van der Waals surface area contributed by atoms with E-state index in [1.807, 2.05) is 24.3 Å². The summed E-state index contributed by atoms with van der Waals surface area (Å²) >= 11 is 0. The van der Waals surface area contributed by atoms with E-state index in [9.17, 15) is 10.2 Å². The second-order valence-corrected chi connectivity index (χ2v) is 12.4. The Balaban J connectivity index is 1.37. The van der Waals surface area contributed by atoms with E-state index in [2.05, 4.69) is 121 Å². The molecule has 1 aliphatic rings. The average Bonchev–Trinajstić information content (AvgIpc) is 3.41. The van der Waals surface area contributed by atoms with Crippen molar-refractivity contribution in [2.75, 3.05) is 0 Å². The van der Waals surface area contributed by atoms with Gasteiger partial charge in [-0.2, -0.15) is 0 Å². The van der Waals surface area contributed by atoms with Gasteiger partial charge >= 0.3 is 0 Å². The lowest BCUT2D eigenvalue weighted by atomic mass is 9.67. The molecule has 0 saturated carbocycles. The molecule has 0 heterocycles. The number of phenols is 2. The fraction of sp³-hybridized carbons (Fsp3) is 0.0222. The van der Waals surface area contributed by atoms with Crippen LogP contribution in [0.25, 0.3) is 54.9 Å². The van der Waals surface area contributed by atoms with Crippen LogP contribution in [0, 0.1) is 0 Å². The molecular weight excluding hydrogens is 572 g/mol. The number of benzene rings is 8. The first-order valence-electron chi connectivity index (χ1n) is 16.0. The zero-order valence-corrected chi connectivity index (χ0v) is 25.6. The lowest BCUT2D eigenvalue weighted by Crippen LogP contribution is -2.28. The van der Waals surface area contributed by atoms with E-state index < -0.39 is 5.41 Å². The quantitative estimate of drug-likeness (QED) is 0.210. The summed E-state index contributed by atoms with van der Waals surface area (Å²) in [4.78, 5) is 0. The van der Waals surface area contributed by atoms with E-state index in [4.69, 9.17) is 0 Å². The highest BCUT2D eigenvalue weighted by atomic mass is 16.3. The molecule has 0 bridgehead atoms. The molecule has 2 heteroatoms. The summed E-state index contributed by atoms with van der Waals surface area (Å²) in [6, 6.07) is 59.0. The molecule has 0 atom stereocenters. The molecule has 0 aliphatic heterocycles. The van der Waals surface area contributed by atoms with Gasteiger partial charge in [-0.05, 0) is 114 Å². The SMILES string of the molecule is Oc1ccc(C2(c3ccc(O)cc3)c3ccc(-c4cccc5ccccc45)cc3-c3cc(-c4cccc5ccccc45)ccc32)cc1. The van der Waals surface area contributed by atoms with Crippen molar-refractivity contribution >= 4 is 21.5 Å². The molecule has 8 aromatic carbocycles. The standard InChI is InChI=1S/C45H30O2/c46-35-21-17-33(18-22-35)45(34-19-23-36(47)24-20-34)43-25-15-31(39-13-5-9-29-7-1-3-11-37(29)39)27-41(43)42-28-32(16-26-44(42)45)40-14-6-10-30-8-2-4-12-38(30)40/h1-28,46-47H. The van der Waals surface area contributed by atoms with Crippen LogP contribution in [-0.4, -0.2) is 10.2 Å². The minimum absolute atomic E-state index is 0.227. The Hall–Kier alpha value is -6.12. The largest absolute Gasteiger partial charge is 0.508 e. The Bertz CT molecular complexity index is 2290. The van der Waals surface area contributed by atoms with Gasteiger partial charge in [0.2, 0.25) is 0 Å². The number of phenolic OH excluding ortho intramolecular Hbond substituents is 2. The number of rotatable bonds is 4. The lowest BCUT2D eigenvalue weighted by molar-refractivity contribution is 0.475.